The summed E-state index contributed by atoms with van der Waals surface area (Å²) < 4.78 is 27.1. The van der Waals surface area contributed by atoms with Crippen molar-refractivity contribution in [2.45, 2.75) is 0 Å². The van der Waals surface area contributed by atoms with E-state index in [0.29, 0.717) is 15.1 Å². The van der Waals surface area contributed by atoms with Gasteiger partial charge in [-0.1, -0.05) is 15.9 Å². The average Bonchev–Trinajstić information content (AvgIpc) is 2.52. The molecule has 0 aromatic heterocycles. The van der Waals surface area contributed by atoms with Gasteiger partial charge in [0, 0.05) is 10.2 Å². The molecule has 0 bridgehead atoms. The molecule has 2 rings (SSSR count). The highest BCUT2D eigenvalue weighted by molar-refractivity contribution is 9.10. The van der Waals surface area contributed by atoms with Gasteiger partial charge in [-0.3, -0.25) is 9.59 Å². The van der Waals surface area contributed by atoms with E-state index >= 15 is 0 Å². The van der Waals surface area contributed by atoms with Gasteiger partial charge in [-0.05, 0) is 42.5 Å². The number of hydrogen-bond acceptors (Lipinski definition) is 2. The fourth-order valence-corrected chi connectivity index (χ4v) is 2.47. The van der Waals surface area contributed by atoms with Crippen molar-refractivity contribution in [3.8, 4) is 0 Å². The van der Waals surface area contributed by atoms with Crippen molar-refractivity contribution in [1.29, 1.82) is 0 Å². The maximum Gasteiger partial charge on any atom is 0.279 e. The second-order valence-corrected chi connectivity index (χ2v) is 6.45. The number of anilines is 2. The van der Waals surface area contributed by atoms with Crippen LogP contribution in [0, 0.1) is 11.6 Å². The van der Waals surface area contributed by atoms with Gasteiger partial charge in [-0.2, -0.15) is 0 Å². The molecule has 0 radical (unpaired) electrons. The average molecular weight is 413 g/mol. The maximum atomic E-state index is 13.7. The largest absolute Gasteiger partial charge is 0.322 e. The molecular formula is C17H17BrF2N3O2+. The van der Waals surface area contributed by atoms with E-state index in [9.17, 15) is 18.4 Å². The number of carbonyl (C=O) groups excluding carboxylic acids is 2. The number of rotatable bonds is 6. The number of hydrogen-bond donors (Lipinski definition) is 3. The summed E-state index contributed by atoms with van der Waals surface area (Å²) in [6.07, 6.45) is 0. The minimum absolute atomic E-state index is 0.00760. The maximum absolute atomic E-state index is 13.7. The van der Waals surface area contributed by atoms with Gasteiger partial charge in [0.15, 0.2) is 13.1 Å². The zero-order valence-electron chi connectivity index (χ0n) is 13.4. The van der Waals surface area contributed by atoms with Crippen LogP contribution >= 0.6 is 15.9 Å². The van der Waals surface area contributed by atoms with Gasteiger partial charge in [-0.15, -0.1) is 0 Å². The van der Waals surface area contributed by atoms with Crippen LogP contribution in [0.2, 0.25) is 0 Å². The molecule has 8 heteroatoms. The molecule has 0 heterocycles. The van der Waals surface area contributed by atoms with Gasteiger partial charge in [0.05, 0.1) is 12.7 Å². The van der Waals surface area contributed by atoms with Gasteiger partial charge in [0.1, 0.15) is 11.6 Å². The van der Waals surface area contributed by atoms with Crippen LogP contribution in [0.4, 0.5) is 20.2 Å². The third kappa shape index (κ3) is 6.24. The fourth-order valence-electron chi connectivity index (χ4n) is 2.13. The summed E-state index contributed by atoms with van der Waals surface area (Å²) in [6, 6.07) is 9.71. The highest BCUT2D eigenvalue weighted by atomic mass is 79.9. The Balaban J connectivity index is 1.82. The van der Waals surface area contributed by atoms with E-state index in [-0.39, 0.29) is 24.7 Å². The van der Waals surface area contributed by atoms with E-state index in [1.165, 1.54) is 36.4 Å². The van der Waals surface area contributed by atoms with Crippen molar-refractivity contribution in [3.63, 3.8) is 0 Å². The molecular weight excluding hydrogens is 396 g/mol. The lowest BCUT2D eigenvalue weighted by molar-refractivity contribution is -0.862. The molecule has 5 nitrogen and oxygen atoms in total. The van der Waals surface area contributed by atoms with Crippen molar-refractivity contribution in [3.05, 3.63) is 58.6 Å². The van der Waals surface area contributed by atoms with Crippen LogP contribution < -0.4 is 15.5 Å². The monoisotopic (exact) mass is 412 g/mol. The van der Waals surface area contributed by atoms with Crippen LogP contribution in [0.5, 0.6) is 0 Å². The van der Waals surface area contributed by atoms with Crippen LogP contribution in [-0.4, -0.2) is 32.0 Å². The molecule has 0 aliphatic heterocycles. The van der Waals surface area contributed by atoms with Crippen LogP contribution in [0.1, 0.15) is 0 Å². The van der Waals surface area contributed by atoms with Gasteiger partial charge < -0.3 is 15.5 Å². The number of benzene rings is 2. The van der Waals surface area contributed by atoms with Gasteiger partial charge >= 0.3 is 0 Å². The third-order valence-corrected chi connectivity index (χ3v) is 3.75. The van der Waals surface area contributed by atoms with E-state index < -0.39 is 17.5 Å². The van der Waals surface area contributed by atoms with Crippen LogP contribution in [0.15, 0.2) is 46.9 Å². The summed E-state index contributed by atoms with van der Waals surface area (Å²) in [5.41, 5.74) is 0.553. The normalized spacial score (nSPS) is 11.7. The van der Waals surface area contributed by atoms with E-state index in [0.717, 1.165) is 0 Å². The highest BCUT2D eigenvalue weighted by Gasteiger charge is 2.15. The Morgan fingerprint density at radius 3 is 2.20 bits per heavy atom. The molecule has 1 atom stereocenters. The Morgan fingerprint density at radius 2 is 1.60 bits per heavy atom. The number of quaternary nitrogens is 1. The Kier molecular flexibility index (Phi) is 6.60. The van der Waals surface area contributed by atoms with Crippen LogP contribution in [0.3, 0.4) is 0 Å². The smallest absolute Gasteiger partial charge is 0.279 e. The Bertz CT molecular complexity index is 769. The standard InChI is InChI=1S/C17H16BrF2N3O2/c1-23(9-16(24)21-13-5-3-12(19)4-6-13)10-17(25)22-15-7-2-11(18)8-14(15)20/h2-8H,9-10H2,1H3,(H,21,24)(H,22,25)/p+1. The van der Waals surface area contributed by atoms with Crippen LogP contribution in [-0.2, 0) is 9.59 Å². The first kappa shape index (κ1) is 19.0. The lowest BCUT2D eigenvalue weighted by atomic mass is 10.3. The SMILES string of the molecule is C[NH+](CC(=O)Nc1ccc(F)cc1)CC(=O)Nc1ccc(Br)cc1F. The van der Waals surface area contributed by atoms with Gasteiger partial charge in [0.2, 0.25) is 0 Å². The molecule has 2 aromatic rings. The summed E-state index contributed by atoms with van der Waals surface area (Å²) in [5.74, 6) is -1.66. The first-order valence-corrected chi connectivity index (χ1v) is 8.24. The lowest BCUT2D eigenvalue weighted by Gasteiger charge is -2.14. The first-order chi connectivity index (χ1) is 11.8. The van der Waals surface area contributed by atoms with Crippen molar-refractivity contribution in [2.24, 2.45) is 0 Å². The predicted molar refractivity (Wildman–Crippen MR) is 94.4 cm³/mol. The second kappa shape index (κ2) is 8.68. The molecule has 0 aliphatic carbocycles. The van der Waals surface area contributed by atoms with Gasteiger partial charge in [0.25, 0.3) is 11.8 Å². The van der Waals surface area contributed by atoms with E-state index in [4.69, 9.17) is 0 Å². The molecule has 132 valence electrons. The van der Waals surface area contributed by atoms with E-state index in [1.54, 1.807) is 13.1 Å². The van der Waals surface area contributed by atoms with Crippen molar-refractivity contribution in [2.75, 3.05) is 30.8 Å². The molecule has 3 N–H and O–H groups in total. The summed E-state index contributed by atoms with van der Waals surface area (Å²) in [5, 5.41) is 5.08. The van der Waals surface area contributed by atoms with Crippen LogP contribution in [0.25, 0.3) is 0 Å². The van der Waals surface area contributed by atoms with Gasteiger partial charge in [-0.25, -0.2) is 8.78 Å². The topological polar surface area (TPSA) is 62.6 Å². The van der Waals surface area contributed by atoms with E-state index in [2.05, 4.69) is 26.6 Å². The molecule has 25 heavy (non-hydrogen) atoms. The summed E-state index contributed by atoms with van der Waals surface area (Å²) in [7, 11) is 1.67. The number of nitrogens with one attached hydrogen (secondary N) is 3. The van der Waals surface area contributed by atoms with Crippen molar-refractivity contribution < 1.29 is 23.3 Å². The highest BCUT2D eigenvalue weighted by Crippen LogP contribution is 2.18. The minimum Gasteiger partial charge on any atom is -0.322 e. The molecule has 1 unspecified atom stereocenters. The van der Waals surface area contributed by atoms with Crippen molar-refractivity contribution in [1.82, 2.24) is 0 Å². The number of amides is 2. The Hall–Kier alpha value is -2.32. The van der Waals surface area contributed by atoms with E-state index in [1.807, 2.05) is 0 Å². The lowest BCUT2D eigenvalue weighted by Crippen LogP contribution is -3.11. The molecule has 0 aliphatic rings. The Labute approximate surface area is 152 Å². The molecule has 2 aromatic carbocycles. The predicted octanol–water partition coefficient (Wildman–Crippen LogP) is 1.82. The first-order valence-electron chi connectivity index (χ1n) is 7.45. The minimum atomic E-state index is -0.547. The molecule has 0 saturated carbocycles. The Morgan fingerprint density at radius 1 is 1.00 bits per heavy atom. The molecule has 2 amide bonds. The molecule has 0 fully saturated rings. The molecule has 0 spiro atoms. The summed E-state index contributed by atoms with van der Waals surface area (Å²) in [6.45, 7) is 0.0277. The quantitative estimate of drug-likeness (QED) is 0.677. The van der Waals surface area contributed by atoms with Crippen molar-refractivity contribution >= 4 is 39.1 Å². The summed E-state index contributed by atoms with van der Waals surface area (Å²) >= 11 is 3.14. The summed E-state index contributed by atoms with van der Waals surface area (Å²) in [4.78, 5) is 24.5. The zero-order valence-corrected chi connectivity index (χ0v) is 15.0. The molecule has 0 saturated heterocycles. The number of carbonyl (C=O) groups is 2. The third-order valence-electron chi connectivity index (χ3n) is 3.26. The second-order valence-electron chi connectivity index (χ2n) is 5.54. The zero-order chi connectivity index (χ0) is 18.4. The fraction of sp³-hybridized carbons (Fsp3) is 0.176. The number of likely N-dealkylation sites (N-methyl/N-ethyl adjacent to an activating group) is 1. The number of halogens is 3.